The van der Waals surface area contributed by atoms with E-state index in [-0.39, 0.29) is 5.41 Å². The molecule has 1 aromatic carbocycles. The maximum Gasteiger partial charge on any atom is 0.122 e. The lowest BCUT2D eigenvalue weighted by Crippen LogP contribution is -2.13. The molecule has 88 valence electrons. The molecular formula is C15H22O. The van der Waals surface area contributed by atoms with Crippen LogP contribution in [0.3, 0.4) is 0 Å². The zero-order valence-corrected chi connectivity index (χ0v) is 10.8. The number of methoxy groups -OCH3 is 1. The van der Waals surface area contributed by atoms with E-state index in [1.807, 2.05) is 6.08 Å². The first-order valence-corrected chi connectivity index (χ1v) is 5.77. The van der Waals surface area contributed by atoms with Crippen molar-refractivity contribution in [1.29, 1.82) is 0 Å². The summed E-state index contributed by atoms with van der Waals surface area (Å²) in [5, 5.41) is 0. The Morgan fingerprint density at radius 1 is 1.31 bits per heavy atom. The van der Waals surface area contributed by atoms with Crippen molar-refractivity contribution in [3.05, 3.63) is 42.0 Å². The zero-order valence-electron chi connectivity index (χ0n) is 10.8. The van der Waals surface area contributed by atoms with E-state index in [1.54, 1.807) is 7.11 Å². The highest BCUT2D eigenvalue weighted by molar-refractivity contribution is 5.41. The van der Waals surface area contributed by atoms with E-state index in [1.165, 1.54) is 11.1 Å². The third-order valence-corrected chi connectivity index (χ3v) is 2.71. The minimum atomic E-state index is 0.121. The lowest BCUT2D eigenvalue weighted by Gasteiger charge is -2.22. The van der Waals surface area contributed by atoms with Gasteiger partial charge in [0.1, 0.15) is 5.75 Å². The molecule has 0 aromatic heterocycles. The molecule has 0 spiro atoms. The normalized spacial score (nSPS) is 11.2. The highest BCUT2D eigenvalue weighted by atomic mass is 16.5. The van der Waals surface area contributed by atoms with Gasteiger partial charge in [0.2, 0.25) is 0 Å². The fourth-order valence-electron chi connectivity index (χ4n) is 1.77. The number of benzene rings is 1. The summed E-state index contributed by atoms with van der Waals surface area (Å²) in [6.07, 6.45) is 4.04. The molecule has 1 heteroatoms. The Hall–Kier alpha value is -1.24. The smallest absolute Gasteiger partial charge is 0.122 e. The van der Waals surface area contributed by atoms with Gasteiger partial charge in [0, 0.05) is 0 Å². The molecule has 0 bridgehead atoms. The minimum absolute atomic E-state index is 0.121. The second-order valence-electron chi connectivity index (χ2n) is 5.11. The number of allylic oxidation sites excluding steroid dienone is 1. The highest BCUT2D eigenvalue weighted by Gasteiger charge is 2.18. The van der Waals surface area contributed by atoms with Gasteiger partial charge in [-0.3, -0.25) is 0 Å². The first-order chi connectivity index (χ1) is 7.49. The molecule has 0 aliphatic heterocycles. The van der Waals surface area contributed by atoms with Gasteiger partial charge in [0.15, 0.2) is 0 Å². The number of rotatable bonds is 4. The average Bonchev–Trinajstić information content (AvgIpc) is 2.24. The molecule has 16 heavy (non-hydrogen) atoms. The summed E-state index contributed by atoms with van der Waals surface area (Å²) in [5.41, 5.74) is 2.75. The summed E-state index contributed by atoms with van der Waals surface area (Å²) in [7, 11) is 1.73. The van der Waals surface area contributed by atoms with Crippen molar-refractivity contribution >= 4 is 0 Å². The fraction of sp³-hybridized carbons (Fsp3) is 0.467. The number of aryl methyl sites for hydroxylation is 1. The molecule has 0 saturated carbocycles. The Bertz CT molecular complexity index is 358. The Labute approximate surface area is 99.1 Å². The third kappa shape index (κ3) is 3.13. The summed E-state index contributed by atoms with van der Waals surface area (Å²) in [6.45, 7) is 10.4. The summed E-state index contributed by atoms with van der Waals surface area (Å²) >= 11 is 0. The van der Waals surface area contributed by atoms with Crippen LogP contribution in [0.1, 0.15) is 38.3 Å². The van der Waals surface area contributed by atoms with Crippen molar-refractivity contribution in [1.82, 2.24) is 0 Å². The Morgan fingerprint density at radius 2 is 2.00 bits per heavy atom. The predicted octanol–water partition coefficient (Wildman–Crippen LogP) is 4.11. The van der Waals surface area contributed by atoms with E-state index in [9.17, 15) is 0 Å². The monoisotopic (exact) mass is 218 g/mol. The molecule has 0 atom stereocenters. The van der Waals surface area contributed by atoms with E-state index in [0.29, 0.717) is 0 Å². The van der Waals surface area contributed by atoms with Crippen LogP contribution in [-0.2, 0) is 11.8 Å². The van der Waals surface area contributed by atoms with Crippen molar-refractivity contribution in [3.8, 4) is 5.75 Å². The first-order valence-electron chi connectivity index (χ1n) is 5.77. The van der Waals surface area contributed by atoms with Crippen LogP contribution in [0.5, 0.6) is 5.75 Å². The molecule has 1 nitrogen and oxygen atoms in total. The Balaban J connectivity index is 3.06. The van der Waals surface area contributed by atoms with Crippen LogP contribution >= 0.6 is 0 Å². The molecule has 0 aliphatic carbocycles. The van der Waals surface area contributed by atoms with Gasteiger partial charge in [-0.05, 0) is 35.4 Å². The summed E-state index contributed by atoms with van der Waals surface area (Å²) in [6, 6.07) is 6.46. The molecular weight excluding hydrogens is 196 g/mol. The number of hydrogen-bond donors (Lipinski definition) is 0. The maximum absolute atomic E-state index is 5.41. The van der Waals surface area contributed by atoms with Gasteiger partial charge >= 0.3 is 0 Å². The molecule has 1 aromatic rings. The van der Waals surface area contributed by atoms with Crippen LogP contribution < -0.4 is 4.74 Å². The van der Waals surface area contributed by atoms with Crippen LogP contribution in [0.2, 0.25) is 0 Å². The van der Waals surface area contributed by atoms with Gasteiger partial charge in [0.25, 0.3) is 0 Å². The van der Waals surface area contributed by atoms with Crippen LogP contribution in [-0.4, -0.2) is 7.11 Å². The zero-order chi connectivity index (χ0) is 12.2. The van der Waals surface area contributed by atoms with Crippen molar-refractivity contribution in [3.63, 3.8) is 0 Å². The second-order valence-corrected chi connectivity index (χ2v) is 5.11. The minimum Gasteiger partial charge on any atom is -0.496 e. The molecule has 1 rings (SSSR count). The van der Waals surface area contributed by atoms with E-state index >= 15 is 0 Å². The molecule has 0 N–H and O–H groups in total. The van der Waals surface area contributed by atoms with Gasteiger partial charge in [-0.25, -0.2) is 0 Å². The number of hydrogen-bond acceptors (Lipinski definition) is 1. The molecule has 0 unspecified atom stereocenters. The van der Waals surface area contributed by atoms with Crippen molar-refractivity contribution in [2.45, 2.75) is 39.0 Å². The van der Waals surface area contributed by atoms with Gasteiger partial charge in [-0.2, -0.15) is 0 Å². The van der Waals surface area contributed by atoms with Crippen LogP contribution in [0, 0.1) is 0 Å². The first kappa shape index (κ1) is 12.8. The largest absolute Gasteiger partial charge is 0.496 e. The van der Waals surface area contributed by atoms with Crippen molar-refractivity contribution in [2.24, 2.45) is 0 Å². The lowest BCUT2D eigenvalue weighted by molar-refractivity contribution is 0.397. The molecule has 0 radical (unpaired) electrons. The summed E-state index contributed by atoms with van der Waals surface area (Å²) < 4.78 is 5.41. The lowest BCUT2D eigenvalue weighted by atomic mass is 9.85. The standard InChI is InChI=1S/C15H22O/c1-6-7-8-12-9-10-14(16-5)13(11-12)15(2,3)4/h6,9-11H,1,7-8H2,2-5H3. The molecule has 0 heterocycles. The topological polar surface area (TPSA) is 9.23 Å². The van der Waals surface area contributed by atoms with Crippen LogP contribution in [0.4, 0.5) is 0 Å². The fourth-order valence-corrected chi connectivity index (χ4v) is 1.77. The molecule has 0 amide bonds. The molecule has 0 saturated heterocycles. The van der Waals surface area contributed by atoms with Crippen LogP contribution in [0.15, 0.2) is 30.9 Å². The van der Waals surface area contributed by atoms with Crippen LogP contribution in [0.25, 0.3) is 0 Å². The van der Waals surface area contributed by atoms with E-state index in [2.05, 4.69) is 45.5 Å². The summed E-state index contributed by atoms with van der Waals surface area (Å²) in [4.78, 5) is 0. The summed E-state index contributed by atoms with van der Waals surface area (Å²) in [5.74, 6) is 0.981. The maximum atomic E-state index is 5.41. The van der Waals surface area contributed by atoms with E-state index in [4.69, 9.17) is 4.74 Å². The van der Waals surface area contributed by atoms with E-state index < -0.39 is 0 Å². The quantitative estimate of drug-likeness (QED) is 0.691. The van der Waals surface area contributed by atoms with Gasteiger partial charge in [-0.15, -0.1) is 6.58 Å². The number of ether oxygens (including phenoxy) is 1. The molecule has 0 fully saturated rings. The highest BCUT2D eigenvalue weighted by Crippen LogP contribution is 2.32. The predicted molar refractivity (Wildman–Crippen MR) is 70.2 cm³/mol. The van der Waals surface area contributed by atoms with Crippen molar-refractivity contribution in [2.75, 3.05) is 7.11 Å². The SMILES string of the molecule is C=CCCc1ccc(OC)c(C(C)(C)C)c1. The molecule has 0 aliphatic rings. The van der Waals surface area contributed by atoms with E-state index in [0.717, 1.165) is 18.6 Å². The Kier molecular flexibility index (Phi) is 4.17. The average molecular weight is 218 g/mol. The van der Waals surface area contributed by atoms with Gasteiger partial charge < -0.3 is 4.74 Å². The van der Waals surface area contributed by atoms with Gasteiger partial charge in [0.05, 0.1) is 7.11 Å². The third-order valence-electron chi connectivity index (χ3n) is 2.71. The Morgan fingerprint density at radius 3 is 2.50 bits per heavy atom. The van der Waals surface area contributed by atoms with Crippen molar-refractivity contribution < 1.29 is 4.74 Å². The van der Waals surface area contributed by atoms with Gasteiger partial charge in [-0.1, -0.05) is 39.0 Å². The second kappa shape index (κ2) is 5.20.